The molecule has 0 spiro atoms. The van der Waals surface area contributed by atoms with Crippen LogP contribution in [-0.4, -0.2) is 36.3 Å². The van der Waals surface area contributed by atoms with Gasteiger partial charge in [0.2, 0.25) is 11.8 Å². The number of carbonyl (C=O) groups excluding carboxylic acids is 2. The van der Waals surface area contributed by atoms with Crippen LogP contribution in [0.5, 0.6) is 0 Å². The summed E-state index contributed by atoms with van der Waals surface area (Å²) in [7, 11) is 0. The molecule has 0 aromatic heterocycles. The molecule has 0 fully saturated rings. The van der Waals surface area contributed by atoms with Crippen molar-refractivity contribution in [2.24, 2.45) is 0 Å². The van der Waals surface area contributed by atoms with E-state index >= 15 is 0 Å². The van der Waals surface area contributed by atoms with Crippen molar-refractivity contribution in [2.75, 3.05) is 19.6 Å². The molecule has 0 aliphatic heterocycles. The molecule has 0 atom stereocenters. The van der Waals surface area contributed by atoms with E-state index in [2.05, 4.69) is 21.2 Å². The number of benzene rings is 1. The zero-order valence-corrected chi connectivity index (χ0v) is 12.9. The van der Waals surface area contributed by atoms with Gasteiger partial charge in [0.1, 0.15) is 0 Å². The topological polar surface area (TPSA) is 49.4 Å². The number of hydrogen-bond acceptors (Lipinski definition) is 2. The number of amides is 2. The highest BCUT2D eigenvalue weighted by atomic mass is 79.9. The maximum Gasteiger partial charge on any atom is 0.241 e. The second kappa shape index (κ2) is 7.94. The molecule has 1 N–H and O–H groups in total. The lowest BCUT2D eigenvalue weighted by atomic mass is 10.1. The van der Waals surface area contributed by atoms with Crippen LogP contribution in [0.4, 0.5) is 0 Å². The summed E-state index contributed by atoms with van der Waals surface area (Å²) < 4.78 is 0.903. The van der Waals surface area contributed by atoms with E-state index in [0.29, 0.717) is 13.1 Å². The summed E-state index contributed by atoms with van der Waals surface area (Å²) in [5, 5.41) is 2.66. The summed E-state index contributed by atoms with van der Waals surface area (Å²) in [5.41, 5.74) is 0.912. The van der Waals surface area contributed by atoms with Gasteiger partial charge in [-0.15, -0.1) is 0 Å². The average Bonchev–Trinajstić information content (AvgIpc) is 2.40. The van der Waals surface area contributed by atoms with Gasteiger partial charge in [0.05, 0.1) is 13.0 Å². The highest BCUT2D eigenvalue weighted by Crippen LogP contribution is 2.15. The lowest BCUT2D eigenvalue weighted by Crippen LogP contribution is -2.40. The first-order valence-electron chi connectivity index (χ1n) is 6.36. The third-order valence-electron chi connectivity index (χ3n) is 2.86. The zero-order chi connectivity index (χ0) is 14.3. The van der Waals surface area contributed by atoms with E-state index in [1.54, 1.807) is 4.90 Å². The van der Waals surface area contributed by atoms with Crippen molar-refractivity contribution >= 4 is 27.7 Å². The number of hydrogen-bond donors (Lipinski definition) is 1. The van der Waals surface area contributed by atoms with Gasteiger partial charge in [-0.2, -0.15) is 0 Å². The Bertz CT molecular complexity index is 445. The lowest BCUT2D eigenvalue weighted by molar-refractivity contribution is -0.132. The Balaban J connectivity index is 2.44. The molecule has 5 heteroatoms. The molecule has 19 heavy (non-hydrogen) atoms. The van der Waals surface area contributed by atoms with Gasteiger partial charge in [-0.25, -0.2) is 0 Å². The fourth-order valence-electron chi connectivity index (χ4n) is 1.74. The van der Waals surface area contributed by atoms with E-state index in [9.17, 15) is 9.59 Å². The average molecular weight is 327 g/mol. The lowest BCUT2D eigenvalue weighted by Gasteiger charge is -2.18. The number of rotatable bonds is 6. The predicted octanol–water partition coefficient (Wildman–Crippen LogP) is 1.98. The standard InChI is InChI=1S/C14H19BrN2O2/c1-3-17(4-2)14(19)10-16-13(18)9-11-7-5-6-8-12(11)15/h5-8H,3-4,9-10H2,1-2H3,(H,16,18). The zero-order valence-electron chi connectivity index (χ0n) is 11.3. The minimum Gasteiger partial charge on any atom is -0.347 e. The van der Waals surface area contributed by atoms with Crippen LogP contribution in [0.3, 0.4) is 0 Å². The molecule has 0 saturated heterocycles. The van der Waals surface area contributed by atoms with Crippen LogP contribution in [0, 0.1) is 0 Å². The molecule has 0 bridgehead atoms. The summed E-state index contributed by atoms with van der Waals surface area (Å²) >= 11 is 3.40. The Kier molecular flexibility index (Phi) is 6.56. The number of nitrogens with one attached hydrogen (secondary N) is 1. The summed E-state index contributed by atoms with van der Waals surface area (Å²) in [6.45, 7) is 5.23. The molecule has 1 aromatic carbocycles. The van der Waals surface area contributed by atoms with Crippen LogP contribution in [0.1, 0.15) is 19.4 Å². The van der Waals surface area contributed by atoms with E-state index in [1.165, 1.54) is 0 Å². The first-order valence-corrected chi connectivity index (χ1v) is 7.15. The number of likely N-dealkylation sites (N-methyl/N-ethyl adjacent to an activating group) is 1. The summed E-state index contributed by atoms with van der Waals surface area (Å²) in [4.78, 5) is 25.2. The third-order valence-corrected chi connectivity index (χ3v) is 3.64. The third kappa shape index (κ3) is 5.03. The van der Waals surface area contributed by atoms with Gasteiger partial charge >= 0.3 is 0 Å². The van der Waals surface area contributed by atoms with E-state index in [-0.39, 0.29) is 24.8 Å². The number of halogens is 1. The van der Waals surface area contributed by atoms with Crippen LogP contribution in [-0.2, 0) is 16.0 Å². The SMILES string of the molecule is CCN(CC)C(=O)CNC(=O)Cc1ccccc1Br. The number of carbonyl (C=O) groups is 2. The largest absolute Gasteiger partial charge is 0.347 e. The van der Waals surface area contributed by atoms with E-state index in [4.69, 9.17) is 0 Å². The van der Waals surface area contributed by atoms with Crippen molar-refractivity contribution in [3.05, 3.63) is 34.3 Å². The maximum absolute atomic E-state index is 11.8. The second-order valence-electron chi connectivity index (χ2n) is 4.11. The molecule has 4 nitrogen and oxygen atoms in total. The molecule has 0 unspecified atom stereocenters. The molecule has 0 heterocycles. The van der Waals surface area contributed by atoms with Gasteiger partial charge in [-0.05, 0) is 25.5 Å². The Hall–Kier alpha value is -1.36. The van der Waals surface area contributed by atoms with E-state index in [1.807, 2.05) is 38.1 Å². The van der Waals surface area contributed by atoms with Gasteiger partial charge in [-0.3, -0.25) is 9.59 Å². The fraction of sp³-hybridized carbons (Fsp3) is 0.429. The highest BCUT2D eigenvalue weighted by Gasteiger charge is 2.11. The molecule has 104 valence electrons. The van der Waals surface area contributed by atoms with Crippen LogP contribution in [0.2, 0.25) is 0 Å². The first-order chi connectivity index (χ1) is 9.08. The van der Waals surface area contributed by atoms with Crippen molar-refractivity contribution in [3.63, 3.8) is 0 Å². The molecule has 0 aliphatic carbocycles. The van der Waals surface area contributed by atoms with Gasteiger partial charge in [0.25, 0.3) is 0 Å². The van der Waals surface area contributed by atoms with Gasteiger partial charge < -0.3 is 10.2 Å². The van der Waals surface area contributed by atoms with E-state index < -0.39 is 0 Å². The van der Waals surface area contributed by atoms with Gasteiger partial charge in [0.15, 0.2) is 0 Å². The molecule has 0 aliphatic rings. The predicted molar refractivity (Wildman–Crippen MR) is 78.8 cm³/mol. The normalized spacial score (nSPS) is 10.1. The Morgan fingerprint density at radius 1 is 1.21 bits per heavy atom. The number of nitrogens with zero attached hydrogens (tertiary/aromatic N) is 1. The molecular formula is C14H19BrN2O2. The summed E-state index contributed by atoms with van der Waals surface area (Å²) in [6, 6.07) is 7.56. The van der Waals surface area contributed by atoms with Crippen LogP contribution in [0.15, 0.2) is 28.7 Å². The quantitative estimate of drug-likeness (QED) is 0.869. The monoisotopic (exact) mass is 326 g/mol. The van der Waals surface area contributed by atoms with Crippen molar-refractivity contribution < 1.29 is 9.59 Å². The highest BCUT2D eigenvalue weighted by molar-refractivity contribution is 9.10. The minimum absolute atomic E-state index is 0.0505. The molecule has 0 radical (unpaired) electrons. The molecular weight excluding hydrogens is 308 g/mol. The summed E-state index contributed by atoms with van der Waals surface area (Å²) in [6.07, 6.45) is 0.271. The van der Waals surface area contributed by atoms with Crippen molar-refractivity contribution in [1.29, 1.82) is 0 Å². The minimum atomic E-state index is -0.146. The van der Waals surface area contributed by atoms with Crippen molar-refractivity contribution in [2.45, 2.75) is 20.3 Å². The van der Waals surface area contributed by atoms with Crippen molar-refractivity contribution in [1.82, 2.24) is 10.2 Å². The molecule has 1 aromatic rings. The van der Waals surface area contributed by atoms with E-state index in [0.717, 1.165) is 10.0 Å². The van der Waals surface area contributed by atoms with Crippen LogP contribution in [0.25, 0.3) is 0 Å². The Morgan fingerprint density at radius 2 is 1.84 bits per heavy atom. The van der Waals surface area contributed by atoms with Crippen LogP contribution < -0.4 is 5.32 Å². The summed E-state index contributed by atoms with van der Waals surface area (Å²) in [5.74, 6) is -0.196. The van der Waals surface area contributed by atoms with Gasteiger partial charge in [0, 0.05) is 17.6 Å². The second-order valence-corrected chi connectivity index (χ2v) is 4.97. The Labute approximate surface area is 122 Å². The first kappa shape index (κ1) is 15.7. The van der Waals surface area contributed by atoms with Crippen molar-refractivity contribution in [3.8, 4) is 0 Å². The van der Waals surface area contributed by atoms with Crippen LogP contribution >= 0.6 is 15.9 Å². The van der Waals surface area contributed by atoms with Gasteiger partial charge in [-0.1, -0.05) is 34.1 Å². The molecule has 1 rings (SSSR count). The maximum atomic E-state index is 11.8. The molecule has 0 saturated carbocycles. The smallest absolute Gasteiger partial charge is 0.241 e. The molecule has 2 amide bonds. The fourth-order valence-corrected chi connectivity index (χ4v) is 2.16. The Morgan fingerprint density at radius 3 is 2.42 bits per heavy atom.